The number of hydrogen-bond acceptors (Lipinski definition) is 3. The van der Waals surface area contributed by atoms with E-state index >= 15 is 0 Å². The van der Waals surface area contributed by atoms with Crippen molar-refractivity contribution in [3.05, 3.63) is 22.3 Å². The Kier molecular flexibility index (Phi) is 3.88. The molecule has 0 aliphatic carbocycles. The maximum atomic E-state index is 10.9. The molecule has 4 nitrogen and oxygen atoms in total. The Bertz CT molecular complexity index is 341. The van der Waals surface area contributed by atoms with Gasteiger partial charge in [-0.2, -0.15) is 0 Å². The van der Waals surface area contributed by atoms with Gasteiger partial charge in [-0.15, -0.1) is 0 Å². The number of anilines is 1. The van der Waals surface area contributed by atoms with Crippen LogP contribution in [0.1, 0.15) is 5.69 Å². The van der Waals surface area contributed by atoms with Crippen molar-refractivity contribution in [1.82, 2.24) is 10.3 Å². The van der Waals surface area contributed by atoms with Gasteiger partial charge in [-0.3, -0.25) is 4.79 Å². The van der Waals surface area contributed by atoms with Gasteiger partial charge in [-0.1, -0.05) is 0 Å². The summed E-state index contributed by atoms with van der Waals surface area (Å²) < 4.78 is 0.961. The lowest BCUT2D eigenvalue weighted by Crippen LogP contribution is -2.26. The number of likely N-dealkylation sites (N-methyl/N-ethyl adjacent to an activating group) is 1. The third-order valence-electron chi connectivity index (χ3n) is 1.73. The van der Waals surface area contributed by atoms with Crippen LogP contribution < -0.4 is 10.6 Å². The maximum absolute atomic E-state index is 10.9. The first-order chi connectivity index (χ1) is 6.63. The Morgan fingerprint density at radius 3 is 2.86 bits per heavy atom. The summed E-state index contributed by atoms with van der Waals surface area (Å²) in [5.41, 5.74) is 0.895. The number of rotatable bonds is 3. The van der Waals surface area contributed by atoms with Gasteiger partial charge >= 0.3 is 0 Å². The lowest BCUT2D eigenvalue weighted by Gasteiger charge is -2.05. The van der Waals surface area contributed by atoms with E-state index < -0.39 is 0 Å². The summed E-state index contributed by atoms with van der Waals surface area (Å²) >= 11 is 3.35. The van der Waals surface area contributed by atoms with E-state index in [-0.39, 0.29) is 12.5 Å². The third kappa shape index (κ3) is 2.99. The number of carbonyl (C=O) groups is 1. The van der Waals surface area contributed by atoms with E-state index in [0.717, 1.165) is 10.2 Å². The lowest BCUT2D eigenvalue weighted by atomic mass is 10.4. The topological polar surface area (TPSA) is 54.0 Å². The highest BCUT2D eigenvalue weighted by Gasteiger charge is 2.00. The Morgan fingerprint density at radius 1 is 1.57 bits per heavy atom. The first-order valence-corrected chi connectivity index (χ1v) is 5.00. The minimum absolute atomic E-state index is 0.0626. The molecule has 0 unspecified atom stereocenters. The van der Waals surface area contributed by atoms with Gasteiger partial charge in [0.1, 0.15) is 5.82 Å². The summed E-state index contributed by atoms with van der Waals surface area (Å²) in [6, 6.07) is 3.72. The van der Waals surface area contributed by atoms with Crippen LogP contribution in [0.25, 0.3) is 0 Å². The van der Waals surface area contributed by atoms with Gasteiger partial charge < -0.3 is 10.6 Å². The van der Waals surface area contributed by atoms with Crippen LogP contribution in [0.5, 0.6) is 0 Å². The molecule has 0 saturated carbocycles. The van der Waals surface area contributed by atoms with Crippen molar-refractivity contribution in [2.45, 2.75) is 6.92 Å². The van der Waals surface area contributed by atoms with Crippen molar-refractivity contribution in [2.24, 2.45) is 0 Å². The summed E-state index contributed by atoms with van der Waals surface area (Å²) in [5.74, 6) is 0.640. The molecule has 0 aromatic carbocycles. The molecule has 0 aliphatic rings. The van der Waals surface area contributed by atoms with Crippen LogP contribution in [0.15, 0.2) is 16.6 Å². The standard InChI is InChI=1S/C9H12BrN3O/c1-6-7(10)3-4-8(13-6)12-5-9(14)11-2/h3-4H,5H2,1-2H3,(H,11,14)(H,12,13). The number of amides is 1. The minimum Gasteiger partial charge on any atom is -0.361 e. The van der Waals surface area contributed by atoms with Gasteiger partial charge in [-0.25, -0.2) is 4.98 Å². The smallest absolute Gasteiger partial charge is 0.239 e. The van der Waals surface area contributed by atoms with E-state index in [1.165, 1.54) is 0 Å². The molecule has 2 N–H and O–H groups in total. The minimum atomic E-state index is -0.0626. The van der Waals surface area contributed by atoms with E-state index in [0.29, 0.717) is 5.82 Å². The maximum Gasteiger partial charge on any atom is 0.239 e. The number of carbonyl (C=O) groups excluding carboxylic acids is 1. The molecule has 76 valence electrons. The highest BCUT2D eigenvalue weighted by molar-refractivity contribution is 9.10. The number of nitrogens with one attached hydrogen (secondary N) is 2. The Labute approximate surface area is 91.2 Å². The Hall–Kier alpha value is -1.10. The Balaban J connectivity index is 2.60. The fourth-order valence-electron chi connectivity index (χ4n) is 0.902. The number of aryl methyl sites for hydroxylation is 1. The number of aromatic nitrogens is 1. The first kappa shape index (κ1) is 11.0. The van der Waals surface area contributed by atoms with Gasteiger partial charge in [-0.05, 0) is 35.0 Å². The number of nitrogens with zero attached hydrogens (tertiary/aromatic N) is 1. The highest BCUT2D eigenvalue weighted by atomic mass is 79.9. The van der Waals surface area contributed by atoms with Gasteiger partial charge in [0, 0.05) is 11.5 Å². The molecular formula is C9H12BrN3O. The first-order valence-electron chi connectivity index (χ1n) is 4.21. The van der Waals surface area contributed by atoms with Crippen LogP contribution in [0.4, 0.5) is 5.82 Å². The van der Waals surface area contributed by atoms with Gasteiger partial charge in [0.25, 0.3) is 0 Å². The highest BCUT2D eigenvalue weighted by Crippen LogP contribution is 2.15. The molecule has 1 aromatic heterocycles. The zero-order valence-electron chi connectivity index (χ0n) is 8.10. The van der Waals surface area contributed by atoms with E-state index in [9.17, 15) is 4.79 Å². The average Bonchev–Trinajstić information content (AvgIpc) is 2.19. The van der Waals surface area contributed by atoms with Gasteiger partial charge in [0.2, 0.25) is 5.91 Å². The van der Waals surface area contributed by atoms with E-state index in [2.05, 4.69) is 31.5 Å². The van der Waals surface area contributed by atoms with E-state index in [1.54, 1.807) is 7.05 Å². The van der Waals surface area contributed by atoms with Crippen LogP contribution in [0.3, 0.4) is 0 Å². The molecule has 0 saturated heterocycles. The van der Waals surface area contributed by atoms with Crippen LogP contribution in [0.2, 0.25) is 0 Å². The van der Waals surface area contributed by atoms with Crippen LogP contribution in [0, 0.1) is 6.92 Å². The summed E-state index contributed by atoms with van der Waals surface area (Å²) in [4.78, 5) is 15.2. The summed E-state index contributed by atoms with van der Waals surface area (Å²) in [6.45, 7) is 2.14. The summed E-state index contributed by atoms with van der Waals surface area (Å²) in [6.07, 6.45) is 0. The fourth-order valence-corrected chi connectivity index (χ4v) is 1.12. The molecule has 0 radical (unpaired) electrons. The van der Waals surface area contributed by atoms with Crippen molar-refractivity contribution >= 4 is 27.7 Å². The zero-order valence-corrected chi connectivity index (χ0v) is 9.68. The normalized spacial score (nSPS) is 9.64. The molecule has 0 aliphatic heterocycles. The second-order valence-electron chi connectivity index (χ2n) is 2.79. The molecule has 1 amide bonds. The van der Waals surface area contributed by atoms with Crippen molar-refractivity contribution in [2.75, 3.05) is 18.9 Å². The summed E-state index contributed by atoms with van der Waals surface area (Å²) in [5, 5.41) is 5.44. The SMILES string of the molecule is CNC(=O)CNc1ccc(Br)c(C)n1. The molecule has 5 heteroatoms. The zero-order chi connectivity index (χ0) is 10.6. The summed E-state index contributed by atoms with van der Waals surface area (Å²) in [7, 11) is 1.60. The van der Waals surface area contributed by atoms with Crippen molar-refractivity contribution < 1.29 is 4.79 Å². The second kappa shape index (κ2) is 4.95. The molecule has 0 fully saturated rings. The molecule has 1 heterocycles. The van der Waals surface area contributed by atoms with E-state index in [4.69, 9.17) is 0 Å². The van der Waals surface area contributed by atoms with Crippen molar-refractivity contribution in [3.63, 3.8) is 0 Å². The molecule has 0 bridgehead atoms. The predicted molar refractivity (Wildman–Crippen MR) is 59.2 cm³/mol. The molecule has 1 rings (SSSR count). The number of halogens is 1. The van der Waals surface area contributed by atoms with E-state index in [1.807, 2.05) is 19.1 Å². The third-order valence-corrected chi connectivity index (χ3v) is 2.57. The predicted octanol–water partition coefficient (Wildman–Crippen LogP) is 1.31. The average molecular weight is 258 g/mol. The van der Waals surface area contributed by atoms with Crippen molar-refractivity contribution in [1.29, 1.82) is 0 Å². The largest absolute Gasteiger partial charge is 0.361 e. The fraction of sp³-hybridized carbons (Fsp3) is 0.333. The lowest BCUT2D eigenvalue weighted by molar-refractivity contribution is -0.118. The van der Waals surface area contributed by atoms with Gasteiger partial charge in [0.15, 0.2) is 0 Å². The number of pyridine rings is 1. The molecule has 1 aromatic rings. The van der Waals surface area contributed by atoms with Gasteiger partial charge in [0.05, 0.1) is 12.2 Å². The Morgan fingerprint density at radius 2 is 2.29 bits per heavy atom. The molecule has 0 spiro atoms. The van der Waals surface area contributed by atoms with Crippen molar-refractivity contribution in [3.8, 4) is 0 Å². The van der Waals surface area contributed by atoms with Crippen LogP contribution in [-0.2, 0) is 4.79 Å². The molecule has 14 heavy (non-hydrogen) atoms. The molecular weight excluding hydrogens is 246 g/mol. The number of hydrogen-bond donors (Lipinski definition) is 2. The monoisotopic (exact) mass is 257 g/mol. The van der Waals surface area contributed by atoms with Crippen LogP contribution >= 0.6 is 15.9 Å². The quantitative estimate of drug-likeness (QED) is 0.859. The second-order valence-corrected chi connectivity index (χ2v) is 3.64. The molecule has 0 atom stereocenters. The van der Waals surface area contributed by atoms with Crippen LogP contribution in [-0.4, -0.2) is 24.5 Å².